The van der Waals surface area contributed by atoms with Gasteiger partial charge in [0.25, 0.3) is 0 Å². The van der Waals surface area contributed by atoms with E-state index < -0.39 is 5.41 Å². The lowest BCUT2D eigenvalue weighted by Crippen LogP contribution is -2.35. The lowest BCUT2D eigenvalue weighted by molar-refractivity contribution is 0.716. The highest BCUT2D eigenvalue weighted by atomic mass is 15.1. The van der Waals surface area contributed by atoms with Crippen LogP contribution in [0.25, 0.3) is 61.9 Å². The number of benzene rings is 7. The summed E-state index contributed by atoms with van der Waals surface area (Å²) in [4.78, 5) is 5.14. The van der Waals surface area contributed by atoms with Crippen molar-refractivity contribution in [3.05, 3.63) is 215 Å². The van der Waals surface area contributed by atoms with Crippen LogP contribution in [0.2, 0.25) is 0 Å². The number of rotatable bonds is 5. The van der Waals surface area contributed by atoms with E-state index in [2.05, 4.69) is 199 Å². The van der Waals surface area contributed by atoms with Crippen molar-refractivity contribution in [2.75, 3.05) is 0 Å². The molecule has 0 amide bonds. The van der Waals surface area contributed by atoms with Crippen molar-refractivity contribution in [3.63, 3.8) is 0 Å². The Kier molecular flexibility index (Phi) is 7.03. The van der Waals surface area contributed by atoms with Crippen LogP contribution in [0.3, 0.4) is 0 Å². The molecular formula is C52H39N3. The molecule has 0 fully saturated rings. The highest BCUT2D eigenvalue weighted by Gasteiger charge is 2.46. The Bertz CT molecular complexity index is 2910. The number of hydrogen-bond donors (Lipinski definition) is 0. The van der Waals surface area contributed by atoms with E-state index in [1.54, 1.807) is 0 Å². The smallest absolute Gasteiger partial charge is 0.145 e. The van der Waals surface area contributed by atoms with E-state index in [0.29, 0.717) is 0 Å². The van der Waals surface area contributed by atoms with E-state index in [0.717, 1.165) is 41.0 Å². The number of fused-ring (bicyclic) bond motifs is 6. The zero-order valence-corrected chi connectivity index (χ0v) is 31.0. The molecule has 0 bridgehead atoms. The molecule has 0 atom stereocenters. The fraction of sp³-hybridized carbons (Fsp3) is 0.0962. The number of para-hydroxylation sites is 4. The minimum Gasteiger partial charge on any atom is -0.312 e. The van der Waals surface area contributed by atoms with Gasteiger partial charge >= 0.3 is 0 Å². The maximum Gasteiger partial charge on any atom is 0.145 e. The van der Waals surface area contributed by atoms with E-state index >= 15 is 0 Å². The highest BCUT2D eigenvalue weighted by Crippen LogP contribution is 2.55. The molecule has 3 nitrogen and oxygen atoms in total. The first kappa shape index (κ1) is 31.8. The summed E-state index contributed by atoms with van der Waals surface area (Å²) >= 11 is 0. The van der Waals surface area contributed by atoms with Crippen molar-refractivity contribution >= 4 is 28.0 Å². The van der Waals surface area contributed by atoms with Crippen LogP contribution in [-0.4, -0.2) is 14.1 Å². The second-order valence-corrected chi connectivity index (χ2v) is 15.2. The maximum atomic E-state index is 5.14. The molecule has 3 heterocycles. The predicted octanol–water partition coefficient (Wildman–Crippen LogP) is 12.6. The molecule has 0 unspecified atom stereocenters. The van der Waals surface area contributed by atoms with Gasteiger partial charge in [0.05, 0.1) is 27.7 Å². The summed E-state index contributed by atoms with van der Waals surface area (Å²) in [6, 6.07) is 60.6. The van der Waals surface area contributed by atoms with Crippen LogP contribution in [0, 0.1) is 13.8 Å². The van der Waals surface area contributed by atoms with E-state index in [1.807, 2.05) is 0 Å². The molecule has 0 saturated heterocycles. The Labute approximate surface area is 321 Å². The van der Waals surface area contributed by atoms with Crippen LogP contribution < -0.4 is 0 Å². The summed E-state index contributed by atoms with van der Waals surface area (Å²) in [5, 5.41) is 1.33. The topological polar surface area (TPSA) is 22.8 Å². The SMILES string of the molecule is Cc1ccc(C2(c3ccc(C)cc3)c3cc(-c4ccc(-c5nc6ccccc6n5-c5ccccc5)cc4)ccc3-n3c4c(c5cccc2c53)C=CCC4)cc1. The molecule has 0 N–H and O–H groups in total. The third-order valence-electron chi connectivity index (χ3n) is 12.0. The third-order valence-corrected chi connectivity index (χ3v) is 12.0. The largest absolute Gasteiger partial charge is 0.312 e. The summed E-state index contributed by atoms with van der Waals surface area (Å²) < 4.78 is 4.87. The predicted molar refractivity (Wildman–Crippen MR) is 227 cm³/mol. The van der Waals surface area contributed by atoms with Crippen LogP contribution in [-0.2, 0) is 11.8 Å². The van der Waals surface area contributed by atoms with Gasteiger partial charge in [-0.15, -0.1) is 0 Å². The van der Waals surface area contributed by atoms with Crippen LogP contribution in [0.1, 0.15) is 51.1 Å². The summed E-state index contributed by atoms with van der Waals surface area (Å²) in [6.45, 7) is 4.36. The fourth-order valence-corrected chi connectivity index (χ4v) is 9.46. The molecule has 1 aliphatic heterocycles. The summed E-state index contributed by atoms with van der Waals surface area (Å²) in [5.41, 5.74) is 19.2. The Morgan fingerprint density at radius 3 is 1.98 bits per heavy atom. The van der Waals surface area contributed by atoms with Gasteiger partial charge in [-0.3, -0.25) is 4.57 Å². The Morgan fingerprint density at radius 1 is 0.564 bits per heavy atom. The molecule has 55 heavy (non-hydrogen) atoms. The lowest BCUT2D eigenvalue weighted by atomic mass is 9.62. The summed E-state index contributed by atoms with van der Waals surface area (Å²) in [5.74, 6) is 0.939. The monoisotopic (exact) mass is 705 g/mol. The van der Waals surface area contributed by atoms with Gasteiger partial charge in [0.1, 0.15) is 5.82 Å². The van der Waals surface area contributed by atoms with Gasteiger partial charge in [0, 0.05) is 27.9 Å². The zero-order chi connectivity index (χ0) is 36.7. The van der Waals surface area contributed by atoms with Gasteiger partial charge in [0.2, 0.25) is 0 Å². The molecule has 1 aliphatic carbocycles. The van der Waals surface area contributed by atoms with Crippen LogP contribution in [0.4, 0.5) is 0 Å². The van der Waals surface area contributed by atoms with Gasteiger partial charge in [-0.05, 0) is 96.5 Å². The minimum absolute atomic E-state index is 0.534. The number of nitrogens with zero attached hydrogens (tertiary/aromatic N) is 3. The zero-order valence-electron chi connectivity index (χ0n) is 31.0. The van der Waals surface area contributed by atoms with Gasteiger partial charge in [-0.1, -0.05) is 151 Å². The van der Waals surface area contributed by atoms with Crippen molar-refractivity contribution in [1.82, 2.24) is 14.1 Å². The molecule has 2 aliphatic rings. The molecule has 9 aromatic rings. The van der Waals surface area contributed by atoms with Gasteiger partial charge in [-0.25, -0.2) is 4.98 Å². The average Bonchev–Trinajstić information content (AvgIpc) is 3.80. The molecule has 11 rings (SSSR count). The molecule has 0 saturated carbocycles. The molecule has 0 spiro atoms. The van der Waals surface area contributed by atoms with Crippen molar-refractivity contribution < 1.29 is 0 Å². The second-order valence-electron chi connectivity index (χ2n) is 15.2. The second kappa shape index (κ2) is 12.2. The van der Waals surface area contributed by atoms with E-state index in [1.165, 1.54) is 72.4 Å². The van der Waals surface area contributed by atoms with E-state index in [9.17, 15) is 0 Å². The molecule has 262 valence electrons. The standard InChI is InChI=1S/C52H39N3/c1-34-19-28-39(29-20-34)52(40-30-21-35(2)22-31-40)44-15-10-14-43-42-13-6-8-17-47(42)55(50(43)44)48-32-27-38(33-45(48)52)36-23-25-37(26-24-36)51-53-46-16-7-9-18-49(46)54(51)41-11-4-3-5-12-41/h3-7,9-16,18-33H,8,17H2,1-2H3. The van der Waals surface area contributed by atoms with E-state index in [-0.39, 0.29) is 0 Å². The lowest BCUT2D eigenvalue weighted by Gasteiger charge is -2.42. The minimum atomic E-state index is -0.534. The van der Waals surface area contributed by atoms with Crippen molar-refractivity contribution in [3.8, 4) is 33.9 Å². The van der Waals surface area contributed by atoms with Crippen molar-refractivity contribution in [2.45, 2.75) is 32.1 Å². The van der Waals surface area contributed by atoms with E-state index in [4.69, 9.17) is 4.98 Å². The quantitative estimate of drug-likeness (QED) is 0.175. The van der Waals surface area contributed by atoms with Crippen LogP contribution in [0.15, 0.2) is 170 Å². The number of aryl methyl sites for hydroxylation is 2. The fourth-order valence-electron chi connectivity index (χ4n) is 9.46. The number of allylic oxidation sites excluding steroid dienone is 1. The molecule has 0 radical (unpaired) electrons. The molecule has 3 heteroatoms. The van der Waals surface area contributed by atoms with Crippen molar-refractivity contribution in [2.24, 2.45) is 0 Å². The van der Waals surface area contributed by atoms with Crippen molar-refractivity contribution in [1.29, 1.82) is 0 Å². The Morgan fingerprint density at radius 2 is 1.24 bits per heavy atom. The first-order valence-corrected chi connectivity index (χ1v) is 19.4. The first-order valence-electron chi connectivity index (χ1n) is 19.4. The Hall–Kier alpha value is -6.71. The van der Waals surface area contributed by atoms with Crippen LogP contribution >= 0.6 is 0 Å². The summed E-state index contributed by atoms with van der Waals surface area (Å²) in [7, 11) is 0. The molecule has 2 aromatic heterocycles. The Balaban J connectivity index is 1.15. The van der Waals surface area contributed by atoms with Gasteiger partial charge in [-0.2, -0.15) is 0 Å². The highest BCUT2D eigenvalue weighted by molar-refractivity contribution is 5.99. The maximum absolute atomic E-state index is 5.14. The van der Waals surface area contributed by atoms with Crippen LogP contribution in [0.5, 0.6) is 0 Å². The first-order chi connectivity index (χ1) is 27.1. The summed E-state index contributed by atoms with van der Waals surface area (Å²) in [6.07, 6.45) is 6.77. The normalized spacial score (nSPS) is 13.9. The molecular weight excluding hydrogens is 667 g/mol. The average molecular weight is 706 g/mol. The number of aromatic nitrogens is 3. The number of imidazole rings is 1. The van der Waals surface area contributed by atoms with Gasteiger partial charge < -0.3 is 4.57 Å². The number of hydrogen-bond acceptors (Lipinski definition) is 1. The third kappa shape index (κ3) is 4.66. The van der Waals surface area contributed by atoms with Gasteiger partial charge in [0.15, 0.2) is 0 Å². The molecule has 7 aromatic carbocycles.